The molecule has 1 radical (unpaired) electrons. The molecule has 0 N–H and O–H groups in total. The molecule has 2 saturated carbocycles. The van der Waals surface area contributed by atoms with E-state index in [2.05, 4.69) is 31.2 Å². The normalized spacial score (nSPS) is 39.6. The molecule has 1 aromatic rings. The largest absolute Gasteiger partial charge is 0.299 e. The van der Waals surface area contributed by atoms with Crippen LogP contribution in [-0.2, 0) is 11.2 Å². The van der Waals surface area contributed by atoms with Gasteiger partial charge in [0.05, 0.1) is 0 Å². The quantitative estimate of drug-likeness (QED) is 0.685. The van der Waals surface area contributed by atoms with Crippen LogP contribution in [0, 0.1) is 23.3 Å². The Balaban J connectivity index is 1.74. The Bertz CT molecular complexity index is 546. The highest BCUT2D eigenvalue weighted by Crippen LogP contribution is 2.54. The molecule has 2 fully saturated rings. The SMILES string of the molecule is C[C@@]12CC[C@@H]3c4cc[c]cc4CC[C@H]3[C@H](CCC1=O)C2. The fraction of sp³-hybridized carbons (Fsp3) is 0.632. The zero-order valence-corrected chi connectivity index (χ0v) is 12.3. The molecular formula is C19H23O. The van der Waals surface area contributed by atoms with E-state index >= 15 is 0 Å². The van der Waals surface area contributed by atoms with Gasteiger partial charge in [0.1, 0.15) is 5.78 Å². The van der Waals surface area contributed by atoms with Gasteiger partial charge < -0.3 is 0 Å². The maximum absolute atomic E-state index is 12.3. The monoisotopic (exact) mass is 267 g/mol. The maximum Gasteiger partial charge on any atom is 0.138 e. The van der Waals surface area contributed by atoms with Crippen LogP contribution < -0.4 is 0 Å². The van der Waals surface area contributed by atoms with Gasteiger partial charge in [-0.25, -0.2) is 0 Å². The minimum atomic E-state index is -0.0126. The Kier molecular flexibility index (Phi) is 2.80. The number of benzene rings is 1. The van der Waals surface area contributed by atoms with Gasteiger partial charge in [-0.3, -0.25) is 4.79 Å². The van der Waals surface area contributed by atoms with Crippen LogP contribution in [0.15, 0.2) is 18.2 Å². The first-order chi connectivity index (χ1) is 9.67. The molecule has 1 aromatic carbocycles. The molecule has 3 aliphatic rings. The second-order valence-corrected chi connectivity index (χ2v) is 7.46. The number of carbonyl (C=O) groups excluding carboxylic acids is 1. The Hall–Kier alpha value is -1.11. The predicted molar refractivity (Wildman–Crippen MR) is 79.5 cm³/mol. The van der Waals surface area contributed by atoms with Gasteiger partial charge in [0, 0.05) is 11.8 Å². The average molecular weight is 267 g/mol. The van der Waals surface area contributed by atoms with Crippen molar-refractivity contribution >= 4 is 5.78 Å². The number of Topliss-reactive ketones (excluding diaryl/α,β-unsaturated/α-hetero) is 1. The molecule has 4 atom stereocenters. The van der Waals surface area contributed by atoms with Crippen LogP contribution in [0.3, 0.4) is 0 Å². The lowest BCUT2D eigenvalue weighted by atomic mass is 9.64. The molecule has 0 aliphatic heterocycles. The van der Waals surface area contributed by atoms with E-state index in [0.717, 1.165) is 37.5 Å². The summed E-state index contributed by atoms with van der Waals surface area (Å²) < 4.78 is 0. The number of ketones is 1. The highest BCUT2D eigenvalue weighted by atomic mass is 16.1. The number of hydrogen-bond acceptors (Lipinski definition) is 1. The first kappa shape index (κ1) is 12.6. The third-order valence-corrected chi connectivity index (χ3v) is 6.39. The third-order valence-electron chi connectivity index (χ3n) is 6.39. The summed E-state index contributed by atoms with van der Waals surface area (Å²) in [6, 6.07) is 9.80. The summed E-state index contributed by atoms with van der Waals surface area (Å²) >= 11 is 0. The van der Waals surface area contributed by atoms with Crippen LogP contribution in [-0.4, -0.2) is 5.78 Å². The van der Waals surface area contributed by atoms with Gasteiger partial charge in [-0.05, 0) is 73.5 Å². The molecular weight excluding hydrogens is 244 g/mol. The molecule has 4 rings (SSSR count). The van der Waals surface area contributed by atoms with Crippen LogP contribution in [0.2, 0.25) is 0 Å². The van der Waals surface area contributed by atoms with Crippen LogP contribution in [0.5, 0.6) is 0 Å². The average Bonchev–Trinajstić information content (AvgIpc) is 2.59. The summed E-state index contributed by atoms with van der Waals surface area (Å²) in [4.78, 5) is 12.3. The zero-order chi connectivity index (χ0) is 13.7. The van der Waals surface area contributed by atoms with Crippen molar-refractivity contribution in [3.05, 3.63) is 35.4 Å². The molecule has 0 aromatic heterocycles. The summed E-state index contributed by atoms with van der Waals surface area (Å²) in [5.41, 5.74) is 3.08. The van der Waals surface area contributed by atoms with E-state index in [-0.39, 0.29) is 5.41 Å². The predicted octanol–water partition coefficient (Wildman–Crippen LogP) is 4.30. The van der Waals surface area contributed by atoms with Gasteiger partial charge in [-0.2, -0.15) is 0 Å². The topological polar surface area (TPSA) is 17.1 Å². The lowest BCUT2D eigenvalue weighted by Crippen LogP contribution is -2.36. The van der Waals surface area contributed by atoms with Crippen molar-refractivity contribution in [1.29, 1.82) is 0 Å². The van der Waals surface area contributed by atoms with Crippen molar-refractivity contribution in [2.75, 3.05) is 0 Å². The number of rotatable bonds is 0. The van der Waals surface area contributed by atoms with Crippen molar-refractivity contribution in [2.24, 2.45) is 17.3 Å². The smallest absolute Gasteiger partial charge is 0.138 e. The van der Waals surface area contributed by atoms with E-state index < -0.39 is 0 Å². The fourth-order valence-electron chi connectivity index (χ4n) is 5.24. The summed E-state index contributed by atoms with van der Waals surface area (Å²) in [6.07, 6.45) is 7.98. The van der Waals surface area contributed by atoms with Gasteiger partial charge in [0.2, 0.25) is 0 Å². The highest BCUT2D eigenvalue weighted by Gasteiger charge is 2.47. The van der Waals surface area contributed by atoms with Crippen LogP contribution >= 0.6 is 0 Å². The van der Waals surface area contributed by atoms with Crippen molar-refractivity contribution < 1.29 is 4.79 Å². The van der Waals surface area contributed by atoms with E-state index in [1.54, 1.807) is 5.56 Å². The molecule has 1 heteroatoms. The lowest BCUT2D eigenvalue weighted by molar-refractivity contribution is -0.132. The minimum absolute atomic E-state index is 0.0126. The molecule has 1 nitrogen and oxygen atoms in total. The van der Waals surface area contributed by atoms with Gasteiger partial charge in [-0.1, -0.05) is 25.1 Å². The van der Waals surface area contributed by atoms with Gasteiger partial charge in [0.15, 0.2) is 0 Å². The summed E-state index contributed by atoms with van der Waals surface area (Å²) in [7, 11) is 0. The highest BCUT2D eigenvalue weighted by molar-refractivity contribution is 5.85. The number of carbonyl (C=O) groups is 1. The minimum Gasteiger partial charge on any atom is -0.299 e. The Morgan fingerprint density at radius 3 is 3.05 bits per heavy atom. The molecule has 2 bridgehead atoms. The Morgan fingerprint density at radius 1 is 1.25 bits per heavy atom. The van der Waals surface area contributed by atoms with E-state index in [0.29, 0.717) is 11.7 Å². The second kappa shape index (κ2) is 4.44. The molecule has 0 amide bonds. The first-order valence-corrected chi connectivity index (χ1v) is 8.19. The molecule has 0 spiro atoms. The van der Waals surface area contributed by atoms with Crippen LogP contribution in [0.25, 0.3) is 0 Å². The molecule has 0 saturated heterocycles. The number of fused-ring (bicyclic) bond motifs is 6. The van der Waals surface area contributed by atoms with E-state index in [1.807, 2.05) is 0 Å². The van der Waals surface area contributed by atoms with E-state index in [4.69, 9.17) is 0 Å². The number of hydrogen-bond donors (Lipinski definition) is 0. The lowest BCUT2D eigenvalue weighted by Gasteiger charge is -2.40. The van der Waals surface area contributed by atoms with Gasteiger partial charge >= 0.3 is 0 Å². The number of aryl methyl sites for hydroxylation is 1. The summed E-state index contributed by atoms with van der Waals surface area (Å²) in [5.74, 6) is 2.84. The first-order valence-electron chi connectivity index (χ1n) is 8.19. The molecule has 0 heterocycles. The molecule has 3 aliphatic carbocycles. The van der Waals surface area contributed by atoms with Gasteiger partial charge in [0.25, 0.3) is 0 Å². The summed E-state index contributed by atoms with van der Waals surface area (Å²) in [5, 5.41) is 0. The van der Waals surface area contributed by atoms with Crippen LogP contribution in [0.1, 0.15) is 62.5 Å². The van der Waals surface area contributed by atoms with Crippen molar-refractivity contribution in [2.45, 2.75) is 57.8 Å². The Morgan fingerprint density at radius 2 is 2.15 bits per heavy atom. The maximum atomic E-state index is 12.3. The molecule has 0 unspecified atom stereocenters. The van der Waals surface area contributed by atoms with Gasteiger partial charge in [-0.15, -0.1) is 0 Å². The van der Waals surface area contributed by atoms with E-state index in [9.17, 15) is 4.79 Å². The third kappa shape index (κ3) is 1.78. The zero-order valence-electron chi connectivity index (χ0n) is 12.3. The standard InChI is InChI=1S/C19H23O/c1-19-11-10-17-15-5-3-2-4-13(15)6-8-16(17)14(12-19)7-9-18(19)20/h3-5,14,16-17H,6-12H2,1H3/t14-,16+,17-,19+/m1/s1. The fourth-order valence-corrected chi connectivity index (χ4v) is 5.24. The second-order valence-electron chi connectivity index (χ2n) is 7.46. The van der Waals surface area contributed by atoms with Crippen molar-refractivity contribution in [3.63, 3.8) is 0 Å². The van der Waals surface area contributed by atoms with Crippen LogP contribution in [0.4, 0.5) is 0 Å². The van der Waals surface area contributed by atoms with E-state index in [1.165, 1.54) is 24.8 Å². The molecule has 105 valence electrons. The van der Waals surface area contributed by atoms with Crippen molar-refractivity contribution in [1.82, 2.24) is 0 Å². The Labute approximate surface area is 121 Å². The van der Waals surface area contributed by atoms with Crippen molar-refractivity contribution in [3.8, 4) is 0 Å². The molecule has 20 heavy (non-hydrogen) atoms. The summed E-state index contributed by atoms with van der Waals surface area (Å²) in [6.45, 7) is 2.23.